The van der Waals surface area contributed by atoms with Crippen molar-refractivity contribution >= 4 is 56.5 Å². The zero-order chi connectivity index (χ0) is 19.1. The molecule has 1 aromatic rings. The van der Waals surface area contributed by atoms with Crippen LogP contribution < -0.4 is 4.74 Å². The average molecular weight is 474 g/mol. The maximum absolute atomic E-state index is 12.1. The minimum atomic E-state index is -2.12. The number of hydrogen-bond donors (Lipinski definition) is 1. The Balaban J connectivity index is 2.82. The van der Waals surface area contributed by atoms with Crippen LogP contribution in [0.4, 0.5) is 0 Å². The van der Waals surface area contributed by atoms with Gasteiger partial charge in [0.15, 0.2) is 5.78 Å². The summed E-state index contributed by atoms with van der Waals surface area (Å²) in [6.45, 7) is 2.49. The van der Waals surface area contributed by atoms with Gasteiger partial charge in [-0.3, -0.25) is 14.9 Å². The SMILES string of the molecule is CC(=O)/C(=C(/C)O)[C@@H]1c2cc(Br)ccc2O[C@H](C(Cl)(Cl)Cl)[C@H]1[N+](=O)[O-]. The zero-order valence-electron chi connectivity index (χ0n) is 13.0. The van der Waals surface area contributed by atoms with E-state index in [1.807, 2.05) is 0 Å². The molecule has 0 radical (unpaired) electrons. The molecule has 0 saturated carbocycles. The summed E-state index contributed by atoms with van der Waals surface area (Å²) < 4.78 is 4.09. The van der Waals surface area contributed by atoms with Gasteiger partial charge in [-0.15, -0.1) is 0 Å². The highest BCUT2D eigenvalue weighted by molar-refractivity contribution is 9.10. The Kier molecular flexibility index (Phi) is 5.93. The van der Waals surface area contributed by atoms with Crippen molar-refractivity contribution in [3.63, 3.8) is 0 Å². The lowest BCUT2D eigenvalue weighted by Crippen LogP contribution is -2.53. The van der Waals surface area contributed by atoms with Crippen LogP contribution in [-0.2, 0) is 4.79 Å². The molecule has 0 fully saturated rings. The number of Topliss-reactive ketones (excluding diaryl/α,β-unsaturated/α-hetero) is 1. The first-order valence-electron chi connectivity index (χ1n) is 7.02. The molecule has 0 spiro atoms. The number of benzene rings is 1. The van der Waals surface area contributed by atoms with Crippen LogP contribution in [0.5, 0.6) is 5.75 Å². The highest BCUT2D eigenvalue weighted by atomic mass is 79.9. The van der Waals surface area contributed by atoms with Gasteiger partial charge in [0, 0.05) is 20.5 Å². The van der Waals surface area contributed by atoms with Crippen molar-refractivity contribution in [3.05, 3.63) is 49.7 Å². The summed E-state index contributed by atoms with van der Waals surface area (Å²) in [5, 5.41) is 21.8. The number of aliphatic hydroxyl groups excluding tert-OH is 1. The van der Waals surface area contributed by atoms with Crippen LogP contribution in [0.15, 0.2) is 34.0 Å². The Bertz CT molecular complexity index is 758. The fourth-order valence-corrected chi connectivity index (χ4v) is 3.85. The van der Waals surface area contributed by atoms with Crippen LogP contribution in [0, 0.1) is 10.1 Å². The van der Waals surface area contributed by atoms with E-state index < -0.39 is 32.6 Å². The largest absolute Gasteiger partial charge is 0.512 e. The number of nitrogens with zero attached hydrogens (tertiary/aromatic N) is 1. The average Bonchev–Trinajstić information content (AvgIpc) is 2.44. The van der Waals surface area contributed by atoms with E-state index in [0.29, 0.717) is 10.0 Å². The molecule has 1 aromatic carbocycles. The molecule has 0 aromatic heterocycles. The van der Waals surface area contributed by atoms with Gasteiger partial charge < -0.3 is 9.84 Å². The highest BCUT2D eigenvalue weighted by Gasteiger charge is 2.57. The number of rotatable bonds is 3. The topological polar surface area (TPSA) is 89.7 Å². The minimum Gasteiger partial charge on any atom is -0.512 e. The molecule has 0 bridgehead atoms. The Hall–Kier alpha value is -1.02. The smallest absolute Gasteiger partial charge is 0.264 e. The Morgan fingerprint density at radius 3 is 2.40 bits per heavy atom. The normalized spacial score (nSPS) is 24.0. The molecule has 0 amide bonds. The Labute approximate surface area is 167 Å². The maximum atomic E-state index is 12.1. The van der Waals surface area contributed by atoms with E-state index in [1.54, 1.807) is 18.2 Å². The van der Waals surface area contributed by atoms with Crippen molar-refractivity contribution in [3.8, 4) is 5.75 Å². The van der Waals surface area contributed by atoms with E-state index in [0.717, 1.165) is 0 Å². The molecule has 1 aliphatic heterocycles. The Morgan fingerprint density at radius 1 is 1.36 bits per heavy atom. The van der Waals surface area contributed by atoms with Gasteiger partial charge in [-0.1, -0.05) is 50.7 Å². The number of halogens is 4. The maximum Gasteiger partial charge on any atom is 0.264 e. The van der Waals surface area contributed by atoms with Crippen molar-refractivity contribution in [1.29, 1.82) is 0 Å². The number of ether oxygens (including phenoxy) is 1. The summed E-state index contributed by atoms with van der Waals surface area (Å²) in [6, 6.07) is 3.20. The summed E-state index contributed by atoms with van der Waals surface area (Å²) in [6.07, 6.45) is -1.46. The zero-order valence-corrected chi connectivity index (χ0v) is 16.9. The molecule has 2 rings (SSSR count). The molecule has 3 atom stereocenters. The van der Waals surface area contributed by atoms with Gasteiger partial charge in [-0.2, -0.15) is 0 Å². The third kappa shape index (κ3) is 4.05. The van der Waals surface area contributed by atoms with Crippen LogP contribution in [0.2, 0.25) is 0 Å². The standard InChI is InChI=1S/C15H13BrCl3NO5/c1-6(21)11(7(2)22)12-9-5-8(16)3-4-10(9)25-14(15(17,18)19)13(12)20(23)24/h3-5,12-14,21H,1-2H3/b11-6+/t12-,13-,14-/m0/s1. The number of carbonyl (C=O) groups is 1. The lowest BCUT2D eigenvalue weighted by molar-refractivity contribution is -0.537. The van der Waals surface area contributed by atoms with Gasteiger partial charge >= 0.3 is 0 Å². The number of fused-ring (bicyclic) bond motifs is 1. The van der Waals surface area contributed by atoms with E-state index in [1.165, 1.54) is 13.8 Å². The van der Waals surface area contributed by atoms with E-state index in [2.05, 4.69) is 15.9 Å². The first-order chi connectivity index (χ1) is 11.4. The van der Waals surface area contributed by atoms with Crippen molar-refractivity contribution < 1.29 is 19.6 Å². The minimum absolute atomic E-state index is 0.122. The second-order valence-corrected chi connectivity index (χ2v) is 8.86. The summed E-state index contributed by atoms with van der Waals surface area (Å²) in [5.74, 6) is -1.75. The summed E-state index contributed by atoms with van der Waals surface area (Å²) in [5.41, 5.74) is 0.226. The number of alkyl halides is 3. The predicted molar refractivity (Wildman–Crippen MR) is 98.4 cm³/mol. The number of carbonyl (C=O) groups excluding carboxylic acids is 1. The molecule has 6 nitrogen and oxygen atoms in total. The van der Waals surface area contributed by atoms with E-state index in [4.69, 9.17) is 39.5 Å². The lowest BCUT2D eigenvalue weighted by Gasteiger charge is -2.38. The Morgan fingerprint density at radius 2 is 1.96 bits per heavy atom. The van der Waals surface area contributed by atoms with Gasteiger partial charge in [-0.25, -0.2) is 0 Å². The lowest BCUT2D eigenvalue weighted by atomic mass is 9.78. The summed E-state index contributed by atoms with van der Waals surface area (Å²) >= 11 is 21.0. The number of hydrogen-bond acceptors (Lipinski definition) is 5. The molecule has 136 valence electrons. The number of nitro groups is 1. The van der Waals surface area contributed by atoms with E-state index >= 15 is 0 Å². The highest BCUT2D eigenvalue weighted by Crippen LogP contribution is 2.49. The number of aliphatic hydroxyl groups is 1. The van der Waals surface area contributed by atoms with Gasteiger partial charge in [0.05, 0.1) is 11.7 Å². The van der Waals surface area contributed by atoms with E-state index in [-0.39, 0.29) is 17.1 Å². The monoisotopic (exact) mass is 471 g/mol. The second kappa shape index (κ2) is 7.31. The van der Waals surface area contributed by atoms with Crippen molar-refractivity contribution in [1.82, 2.24) is 0 Å². The van der Waals surface area contributed by atoms with Crippen LogP contribution in [0.3, 0.4) is 0 Å². The van der Waals surface area contributed by atoms with Crippen molar-refractivity contribution in [2.45, 2.75) is 35.7 Å². The van der Waals surface area contributed by atoms with Crippen LogP contribution in [0.1, 0.15) is 25.3 Å². The molecule has 25 heavy (non-hydrogen) atoms. The van der Waals surface area contributed by atoms with Crippen LogP contribution in [-0.4, -0.2) is 31.8 Å². The van der Waals surface area contributed by atoms with Crippen LogP contribution >= 0.6 is 50.7 Å². The van der Waals surface area contributed by atoms with Gasteiger partial charge in [-0.05, 0) is 32.0 Å². The third-order valence-electron chi connectivity index (χ3n) is 3.86. The molecular weight excluding hydrogens is 460 g/mol. The third-order valence-corrected chi connectivity index (χ3v) is 5.00. The quantitative estimate of drug-likeness (QED) is 0.225. The molecule has 0 aliphatic carbocycles. The molecule has 10 heteroatoms. The molecule has 0 unspecified atom stereocenters. The first kappa shape index (κ1) is 20.3. The molecule has 1 aliphatic rings. The van der Waals surface area contributed by atoms with Crippen molar-refractivity contribution in [2.75, 3.05) is 0 Å². The van der Waals surface area contributed by atoms with Gasteiger partial charge in [0.2, 0.25) is 9.90 Å². The van der Waals surface area contributed by atoms with Gasteiger partial charge in [0.1, 0.15) is 5.75 Å². The van der Waals surface area contributed by atoms with Gasteiger partial charge in [0.25, 0.3) is 6.04 Å². The fraction of sp³-hybridized carbons (Fsp3) is 0.400. The first-order valence-corrected chi connectivity index (χ1v) is 8.94. The van der Waals surface area contributed by atoms with E-state index in [9.17, 15) is 20.0 Å². The second-order valence-electron chi connectivity index (χ2n) is 5.57. The molecule has 0 saturated heterocycles. The fourth-order valence-electron chi connectivity index (χ4n) is 2.95. The molecule has 1 heterocycles. The predicted octanol–water partition coefficient (Wildman–Crippen LogP) is 4.73. The summed E-state index contributed by atoms with van der Waals surface area (Å²) in [7, 11) is 0. The number of ketones is 1. The van der Waals surface area contributed by atoms with Crippen molar-refractivity contribution in [2.24, 2.45) is 0 Å². The molecular formula is C15H13BrCl3NO5. The summed E-state index contributed by atoms with van der Waals surface area (Å²) in [4.78, 5) is 23.2. The number of allylic oxidation sites excluding steroid dienone is 1. The molecule has 1 N–H and O–H groups in total. The van der Waals surface area contributed by atoms with Crippen LogP contribution in [0.25, 0.3) is 0 Å².